The van der Waals surface area contributed by atoms with Gasteiger partial charge in [-0.05, 0) is 43.4 Å². The smallest absolute Gasteiger partial charge is 0.238 e. The monoisotopic (exact) mass is 415 g/mol. The number of nitrogens with zero attached hydrogens (tertiary/aromatic N) is 4. The molecule has 8 nitrogen and oxygen atoms in total. The quantitative estimate of drug-likeness (QED) is 0.545. The molecule has 0 radical (unpaired) electrons. The van der Waals surface area contributed by atoms with Gasteiger partial charge in [0.05, 0.1) is 16.1 Å². The number of likely N-dealkylation sites (N-methyl/N-ethyl adjacent to an activating group) is 1. The second kappa shape index (κ2) is 8.73. The molecule has 0 atom stereocenters. The highest BCUT2D eigenvalue weighted by atomic mass is 32.2. The molecule has 1 aromatic heterocycles. The van der Waals surface area contributed by atoms with E-state index >= 15 is 0 Å². The van der Waals surface area contributed by atoms with Crippen LogP contribution in [0.1, 0.15) is 13.8 Å². The lowest BCUT2D eigenvalue weighted by Crippen LogP contribution is -2.26. The van der Waals surface area contributed by atoms with Crippen LogP contribution in [-0.2, 0) is 16.6 Å². The number of aromatic nitrogens is 1. The van der Waals surface area contributed by atoms with E-state index in [-0.39, 0.29) is 10.8 Å². The molecule has 0 bridgehead atoms. The van der Waals surface area contributed by atoms with E-state index in [0.717, 1.165) is 30.5 Å². The maximum atomic E-state index is 11.4. The van der Waals surface area contributed by atoms with E-state index in [0.29, 0.717) is 17.9 Å². The Bertz CT molecular complexity index is 1120. The molecule has 3 rings (SSSR count). The molecule has 0 spiro atoms. The molecule has 0 saturated carbocycles. The number of primary sulfonamides is 1. The molecule has 0 aliphatic carbocycles. The Balaban J connectivity index is 1.93. The predicted octanol–water partition coefficient (Wildman–Crippen LogP) is 3.75. The van der Waals surface area contributed by atoms with Gasteiger partial charge in [0.1, 0.15) is 0 Å². The van der Waals surface area contributed by atoms with Crippen molar-refractivity contribution in [1.82, 2.24) is 9.47 Å². The fourth-order valence-corrected chi connectivity index (χ4v) is 3.70. The first kappa shape index (κ1) is 21.0. The van der Waals surface area contributed by atoms with Gasteiger partial charge in [-0.15, -0.1) is 5.11 Å². The van der Waals surface area contributed by atoms with Gasteiger partial charge in [0.15, 0.2) is 5.69 Å². The number of fused-ring (bicyclic) bond motifs is 1. The number of benzene rings is 2. The van der Waals surface area contributed by atoms with Crippen molar-refractivity contribution in [2.45, 2.75) is 25.3 Å². The summed E-state index contributed by atoms with van der Waals surface area (Å²) >= 11 is 0. The number of hydrogen-bond acceptors (Lipinski definition) is 6. The molecule has 0 fully saturated rings. The lowest BCUT2D eigenvalue weighted by molar-refractivity contribution is 0.285. The number of azo groups is 1. The van der Waals surface area contributed by atoms with E-state index in [9.17, 15) is 13.5 Å². The fraction of sp³-hybridized carbons (Fsp3) is 0.300. The Kier molecular flexibility index (Phi) is 6.31. The summed E-state index contributed by atoms with van der Waals surface area (Å²) in [5.74, 6) is 0.0586. The Morgan fingerprint density at radius 2 is 1.69 bits per heavy atom. The molecule has 0 amide bonds. The van der Waals surface area contributed by atoms with Crippen molar-refractivity contribution in [3.05, 3.63) is 48.5 Å². The van der Waals surface area contributed by atoms with Crippen LogP contribution in [0.3, 0.4) is 0 Å². The maximum Gasteiger partial charge on any atom is 0.238 e. The number of rotatable bonds is 8. The summed E-state index contributed by atoms with van der Waals surface area (Å²) in [6.45, 7) is 7.54. The zero-order valence-corrected chi connectivity index (χ0v) is 17.3. The zero-order valence-electron chi connectivity index (χ0n) is 16.5. The minimum atomic E-state index is -3.76. The number of aromatic hydroxyl groups is 1. The summed E-state index contributed by atoms with van der Waals surface area (Å²) in [5, 5.41) is 25.1. The van der Waals surface area contributed by atoms with Crippen molar-refractivity contribution in [2.75, 3.05) is 19.6 Å². The Morgan fingerprint density at radius 1 is 1.03 bits per heavy atom. The van der Waals surface area contributed by atoms with Gasteiger partial charge in [0.25, 0.3) is 0 Å². The van der Waals surface area contributed by atoms with Crippen LogP contribution < -0.4 is 5.14 Å². The number of nitrogens with two attached hydrogens (primary N) is 1. The third kappa shape index (κ3) is 4.64. The molecule has 2 aromatic carbocycles. The van der Waals surface area contributed by atoms with Crippen molar-refractivity contribution in [3.8, 4) is 5.88 Å². The summed E-state index contributed by atoms with van der Waals surface area (Å²) in [7, 11) is -3.76. The SMILES string of the molecule is CCN(CC)CCn1c(O)c(N=Nc2ccc(S(N)(=O)=O)cc2)c2ccccc21. The van der Waals surface area contributed by atoms with Crippen LogP contribution in [-0.4, -0.2) is 42.6 Å². The van der Waals surface area contributed by atoms with E-state index in [1.54, 1.807) is 0 Å². The van der Waals surface area contributed by atoms with E-state index in [2.05, 4.69) is 29.0 Å². The molecular formula is C20H25N5O3S. The molecule has 9 heteroatoms. The first-order valence-corrected chi connectivity index (χ1v) is 11.0. The maximum absolute atomic E-state index is 11.4. The summed E-state index contributed by atoms with van der Waals surface area (Å²) in [5.41, 5.74) is 1.73. The van der Waals surface area contributed by atoms with Crippen LogP contribution in [0.5, 0.6) is 5.88 Å². The minimum absolute atomic E-state index is 0.00676. The van der Waals surface area contributed by atoms with Crippen molar-refractivity contribution < 1.29 is 13.5 Å². The van der Waals surface area contributed by atoms with Gasteiger partial charge in [-0.1, -0.05) is 32.0 Å². The lowest BCUT2D eigenvalue weighted by Gasteiger charge is -2.18. The third-order valence-corrected chi connectivity index (χ3v) is 5.81. The molecule has 3 N–H and O–H groups in total. The van der Waals surface area contributed by atoms with E-state index in [1.165, 1.54) is 24.3 Å². The average Bonchev–Trinajstić information content (AvgIpc) is 2.98. The zero-order chi connectivity index (χ0) is 21.0. The fourth-order valence-electron chi connectivity index (χ4n) is 3.19. The van der Waals surface area contributed by atoms with Crippen LogP contribution in [0.25, 0.3) is 10.9 Å². The molecule has 0 aliphatic rings. The largest absolute Gasteiger partial charge is 0.493 e. The Labute approximate surface area is 170 Å². The summed E-state index contributed by atoms with van der Waals surface area (Å²) in [4.78, 5) is 2.29. The summed E-state index contributed by atoms with van der Waals surface area (Å²) in [6, 6.07) is 13.4. The van der Waals surface area contributed by atoms with Crippen LogP contribution in [0.4, 0.5) is 11.4 Å². The normalized spacial score (nSPS) is 12.4. The van der Waals surface area contributed by atoms with Crippen molar-refractivity contribution >= 4 is 32.3 Å². The van der Waals surface area contributed by atoms with Crippen LogP contribution in [0, 0.1) is 0 Å². The van der Waals surface area contributed by atoms with Gasteiger partial charge in [0.2, 0.25) is 15.9 Å². The Morgan fingerprint density at radius 3 is 2.31 bits per heavy atom. The van der Waals surface area contributed by atoms with Gasteiger partial charge in [-0.2, -0.15) is 5.11 Å². The topological polar surface area (TPSA) is 113 Å². The van der Waals surface area contributed by atoms with Gasteiger partial charge in [-0.25, -0.2) is 13.6 Å². The van der Waals surface area contributed by atoms with Crippen molar-refractivity contribution in [2.24, 2.45) is 15.4 Å². The average molecular weight is 416 g/mol. The highest BCUT2D eigenvalue weighted by Crippen LogP contribution is 2.39. The van der Waals surface area contributed by atoms with E-state index in [4.69, 9.17) is 5.14 Å². The molecule has 0 aliphatic heterocycles. The number of hydrogen-bond donors (Lipinski definition) is 2. The molecule has 154 valence electrons. The molecule has 3 aromatic rings. The third-order valence-electron chi connectivity index (χ3n) is 4.88. The van der Waals surface area contributed by atoms with Gasteiger partial charge >= 0.3 is 0 Å². The molecule has 0 unspecified atom stereocenters. The molecule has 1 heterocycles. The van der Waals surface area contributed by atoms with Crippen LogP contribution in [0.15, 0.2) is 63.7 Å². The van der Waals surface area contributed by atoms with Gasteiger partial charge in [-0.3, -0.25) is 0 Å². The van der Waals surface area contributed by atoms with E-state index < -0.39 is 10.0 Å². The summed E-state index contributed by atoms with van der Waals surface area (Å²) in [6.07, 6.45) is 0. The molecule has 29 heavy (non-hydrogen) atoms. The van der Waals surface area contributed by atoms with E-state index in [1.807, 2.05) is 28.8 Å². The highest BCUT2D eigenvalue weighted by Gasteiger charge is 2.17. The first-order valence-electron chi connectivity index (χ1n) is 9.42. The predicted molar refractivity (Wildman–Crippen MR) is 113 cm³/mol. The Hall–Kier alpha value is -2.75. The minimum Gasteiger partial charge on any atom is -0.493 e. The van der Waals surface area contributed by atoms with Crippen molar-refractivity contribution in [3.63, 3.8) is 0 Å². The second-order valence-electron chi connectivity index (χ2n) is 6.61. The second-order valence-corrected chi connectivity index (χ2v) is 8.17. The van der Waals surface area contributed by atoms with Gasteiger partial charge in [0, 0.05) is 18.5 Å². The molecular weight excluding hydrogens is 390 g/mol. The standard InChI is InChI=1S/C20H25N5O3S/c1-3-24(4-2)13-14-25-18-8-6-5-7-17(18)19(20(25)26)23-22-15-9-11-16(12-10-15)29(21,27)28/h5-12,26H,3-4,13-14H2,1-2H3,(H2,21,27,28). The number of para-hydroxylation sites is 1. The summed E-state index contributed by atoms with van der Waals surface area (Å²) < 4.78 is 24.5. The van der Waals surface area contributed by atoms with Crippen molar-refractivity contribution in [1.29, 1.82) is 0 Å². The first-order chi connectivity index (χ1) is 13.8. The van der Waals surface area contributed by atoms with Crippen LogP contribution in [0.2, 0.25) is 0 Å². The lowest BCUT2D eigenvalue weighted by atomic mass is 10.2. The van der Waals surface area contributed by atoms with Crippen LogP contribution >= 0.6 is 0 Å². The van der Waals surface area contributed by atoms with Gasteiger partial charge < -0.3 is 14.6 Å². The number of sulfonamides is 1. The molecule has 0 saturated heterocycles. The highest BCUT2D eigenvalue weighted by molar-refractivity contribution is 7.89.